The second-order valence-corrected chi connectivity index (χ2v) is 16.0. The van der Waals surface area contributed by atoms with E-state index in [1.807, 2.05) is 0 Å². The lowest BCUT2D eigenvalue weighted by molar-refractivity contribution is -0.315. The summed E-state index contributed by atoms with van der Waals surface area (Å²) in [6, 6.07) is -0.885. The molecular formula is C37H55N3O14. The Bertz CT molecular complexity index is 1520. The number of rotatable bonds is 10. The predicted molar refractivity (Wildman–Crippen MR) is 186 cm³/mol. The molecule has 2 amide bonds. The molecule has 17 heteroatoms. The molecule has 5 fully saturated rings. The molecule has 1 heterocycles. The third-order valence-corrected chi connectivity index (χ3v) is 13.1. The van der Waals surface area contributed by atoms with Crippen molar-refractivity contribution in [1.82, 2.24) is 5.43 Å². The minimum absolute atomic E-state index is 0.0506. The number of nitrogens with one attached hydrogen (secondary N) is 1. The van der Waals surface area contributed by atoms with Gasteiger partial charge in [0.05, 0.1) is 13.2 Å². The van der Waals surface area contributed by atoms with Crippen LogP contribution in [0.5, 0.6) is 0 Å². The van der Waals surface area contributed by atoms with Crippen molar-refractivity contribution in [2.24, 2.45) is 45.3 Å². The number of nitrogens with two attached hydrogens (primary N) is 1. The molecule has 0 radical (unpaired) electrons. The zero-order valence-electron chi connectivity index (χ0n) is 32.1. The number of primary amides is 1. The van der Waals surface area contributed by atoms with Crippen LogP contribution in [-0.2, 0) is 57.1 Å². The van der Waals surface area contributed by atoms with Crippen LogP contribution in [0.1, 0.15) is 99.3 Å². The fraction of sp³-hybridized carbons (Fsp3) is 0.811. The number of nitrogens with zero attached hydrogens (tertiary/aromatic N) is 1. The lowest BCUT2D eigenvalue weighted by Crippen LogP contribution is -2.64. The van der Waals surface area contributed by atoms with Crippen molar-refractivity contribution in [3.05, 3.63) is 0 Å². The molecule has 1 aliphatic heterocycles. The first-order valence-corrected chi connectivity index (χ1v) is 18.7. The van der Waals surface area contributed by atoms with E-state index in [4.69, 9.17) is 38.9 Å². The molecule has 0 bridgehead atoms. The molecule has 7 unspecified atom stereocenters. The summed E-state index contributed by atoms with van der Waals surface area (Å²) in [5, 5.41) is 16.5. The van der Waals surface area contributed by atoms with Crippen molar-refractivity contribution < 1.29 is 67.0 Å². The maximum Gasteiger partial charge on any atom is 0.339 e. The van der Waals surface area contributed by atoms with Gasteiger partial charge in [0.25, 0.3) is 0 Å². The van der Waals surface area contributed by atoms with Gasteiger partial charge >= 0.3 is 35.9 Å². The fourth-order valence-electron chi connectivity index (χ4n) is 10.7. The van der Waals surface area contributed by atoms with Gasteiger partial charge < -0.3 is 44.0 Å². The number of fused-ring (bicyclic) bond motifs is 5. The Morgan fingerprint density at radius 2 is 1.44 bits per heavy atom. The van der Waals surface area contributed by atoms with Crippen molar-refractivity contribution in [2.75, 3.05) is 13.7 Å². The summed E-state index contributed by atoms with van der Waals surface area (Å²) in [4.78, 5) is 72.8. The summed E-state index contributed by atoms with van der Waals surface area (Å²) in [6.45, 7) is 8.86. The summed E-state index contributed by atoms with van der Waals surface area (Å²) in [7, 11) is 1.14. The highest BCUT2D eigenvalue weighted by Gasteiger charge is 2.66. The van der Waals surface area contributed by atoms with E-state index < -0.39 is 77.6 Å². The molecule has 5 rings (SSSR count). The molecular weight excluding hydrogens is 710 g/mol. The molecule has 4 aliphatic carbocycles. The molecule has 4 saturated carbocycles. The standard InChI is InChI=1S/C37H55N3O14/c1-18(41)49-17-27(39-40-34(38)46)37(47)15-12-26-24-9-8-22-16-23(10-13-35(22,5)25(24)11-14-36(26,37)6)53-33-31(52-21(4)44)29(51-20(3)43)28(50-19(2)42)30(54-33)32(45)48-7/h22-26,28-31,33,47H,8-17H2,1-7H3,(H3,38,40,46)/t22?,23-,24?,25?,26?,28+,29+,30?,31-,33-,35?,36?,37+/m1/s1. The number of hydrogen-bond donors (Lipinski definition) is 3. The lowest BCUT2D eigenvalue weighted by atomic mass is 9.44. The first-order valence-electron chi connectivity index (χ1n) is 18.7. The number of urea groups is 1. The van der Waals surface area contributed by atoms with Crippen molar-refractivity contribution in [3.63, 3.8) is 0 Å². The van der Waals surface area contributed by atoms with Crippen LogP contribution in [0.3, 0.4) is 0 Å². The van der Waals surface area contributed by atoms with Crippen LogP contribution in [0.25, 0.3) is 0 Å². The molecule has 5 aliphatic rings. The topological polar surface area (TPSA) is 238 Å². The van der Waals surface area contributed by atoms with E-state index in [9.17, 15) is 33.9 Å². The number of amides is 2. The molecule has 54 heavy (non-hydrogen) atoms. The molecule has 302 valence electrons. The van der Waals surface area contributed by atoms with Crippen LogP contribution >= 0.6 is 0 Å². The Morgan fingerprint density at radius 1 is 0.815 bits per heavy atom. The molecule has 4 N–H and O–H groups in total. The number of esters is 5. The van der Waals surface area contributed by atoms with Gasteiger partial charge in [0.15, 0.2) is 30.7 Å². The van der Waals surface area contributed by atoms with Crippen LogP contribution < -0.4 is 11.2 Å². The van der Waals surface area contributed by atoms with Crippen LogP contribution in [0.2, 0.25) is 0 Å². The summed E-state index contributed by atoms with van der Waals surface area (Å²) >= 11 is 0. The monoisotopic (exact) mass is 765 g/mol. The Labute approximate surface area is 314 Å². The molecule has 0 aromatic heterocycles. The maximum atomic E-state index is 12.9. The van der Waals surface area contributed by atoms with Crippen molar-refractivity contribution in [3.8, 4) is 0 Å². The number of methoxy groups -OCH3 is 1. The van der Waals surface area contributed by atoms with E-state index in [1.54, 1.807) is 0 Å². The van der Waals surface area contributed by atoms with Gasteiger partial charge in [-0.05, 0) is 86.9 Å². The minimum Gasteiger partial charge on any atom is -0.467 e. The number of hydrogen-bond acceptors (Lipinski definition) is 15. The molecule has 17 nitrogen and oxygen atoms in total. The SMILES string of the molecule is COC(=O)C1O[C@@H](O[C@@H]2CCC3(C)C(CCC4C3CCC3(C)C4CC[C@]3(O)C(COC(C)=O)=NNC(N)=O)C2)[C@H](OC(C)=O)[C@@H](OC(C)=O)[C@@H]1OC(C)=O. The van der Waals surface area contributed by atoms with E-state index >= 15 is 0 Å². The van der Waals surface area contributed by atoms with Gasteiger partial charge in [-0.25, -0.2) is 15.0 Å². The van der Waals surface area contributed by atoms with E-state index in [1.165, 1.54) is 13.8 Å². The summed E-state index contributed by atoms with van der Waals surface area (Å²) in [5.41, 5.74) is 5.64. The average molecular weight is 766 g/mol. The Morgan fingerprint density at radius 3 is 2.06 bits per heavy atom. The van der Waals surface area contributed by atoms with Crippen LogP contribution in [0, 0.1) is 34.5 Å². The van der Waals surface area contributed by atoms with Gasteiger partial charge in [0.2, 0.25) is 0 Å². The molecule has 0 spiro atoms. The summed E-state index contributed by atoms with van der Waals surface area (Å²) in [5.74, 6) is -2.60. The van der Waals surface area contributed by atoms with Gasteiger partial charge in [0.1, 0.15) is 17.9 Å². The lowest BCUT2D eigenvalue weighted by Gasteiger charge is -2.62. The van der Waals surface area contributed by atoms with Crippen molar-refractivity contribution >= 4 is 41.6 Å². The zero-order valence-corrected chi connectivity index (χ0v) is 32.1. The third kappa shape index (κ3) is 7.94. The number of ether oxygens (including phenoxy) is 7. The van der Waals surface area contributed by atoms with Gasteiger partial charge in [-0.3, -0.25) is 19.2 Å². The van der Waals surface area contributed by atoms with Gasteiger partial charge in [-0.2, -0.15) is 5.10 Å². The Hall–Kier alpha value is -3.83. The van der Waals surface area contributed by atoms with Crippen LogP contribution in [0.4, 0.5) is 4.79 Å². The second kappa shape index (κ2) is 16.1. The normalized spacial score (nSPS) is 40.1. The van der Waals surface area contributed by atoms with Crippen molar-refractivity contribution in [2.45, 2.75) is 142 Å². The highest BCUT2D eigenvalue weighted by Crippen LogP contribution is 2.68. The average Bonchev–Trinajstić information content (AvgIpc) is 3.36. The number of aliphatic hydroxyl groups is 1. The number of carbonyl (C=O) groups excluding carboxylic acids is 6. The smallest absolute Gasteiger partial charge is 0.339 e. The molecule has 13 atom stereocenters. The third-order valence-electron chi connectivity index (χ3n) is 13.1. The molecule has 0 aromatic rings. The van der Waals surface area contributed by atoms with Crippen LogP contribution in [0.15, 0.2) is 5.10 Å². The van der Waals surface area contributed by atoms with E-state index in [-0.39, 0.29) is 35.7 Å². The van der Waals surface area contributed by atoms with E-state index in [0.717, 1.165) is 53.1 Å². The number of hydrazone groups is 1. The van der Waals surface area contributed by atoms with E-state index in [0.29, 0.717) is 37.5 Å². The molecule has 0 aromatic carbocycles. The van der Waals surface area contributed by atoms with Gasteiger partial charge in [-0.15, -0.1) is 0 Å². The first kappa shape index (κ1) is 41.3. The maximum absolute atomic E-state index is 12.9. The van der Waals surface area contributed by atoms with Crippen LogP contribution in [-0.4, -0.2) is 103 Å². The zero-order chi connectivity index (χ0) is 39.7. The highest BCUT2D eigenvalue weighted by atomic mass is 16.7. The van der Waals surface area contributed by atoms with Gasteiger partial charge in [0, 0.05) is 33.1 Å². The Balaban J connectivity index is 1.34. The summed E-state index contributed by atoms with van der Waals surface area (Å²) < 4.78 is 39.2. The van der Waals surface area contributed by atoms with Gasteiger partial charge in [-0.1, -0.05) is 13.8 Å². The Kier molecular flexibility index (Phi) is 12.3. The van der Waals surface area contributed by atoms with E-state index in [2.05, 4.69) is 24.4 Å². The summed E-state index contributed by atoms with van der Waals surface area (Å²) in [6.07, 6.45) is -0.889. The fourth-order valence-corrected chi connectivity index (χ4v) is 10.7. The largest absolute Gasteiger partial charge is 0.467 e. The quantitative estimate of drug-likeness (QED) is 0.0953. The van der Waals surface area contributed by atoms with Crippen molar-refractivity contribution in [1.29, 1.82) is 0 Å². The molecule has 1 saturated heterocycles. The first-order chi connectivity index (χ1) is 25.3. The second-order valence-electron chi connectivity index (χ2n) is 16.0. The number of carbonyl (C=O) groups is 6. The predicted octanol–water partition coefficient (Wildman–Crippen LogP) is 2.43. The highest BCUT2D eigenvalue weighted by molar-refractivity contribution is 5.96. The minimum atomic E-state index is -1.53.